The number of carbonyl (C=O) groups excluding carboxylic acids is 3. The molecule has 1 atom stereocenters. The zero-order valence-corrected chi connectivity index (χ0v) is 16.3. The van der Waals surface area contributed by atoms with Gasteiger partial charge >= 0.3 is 5.97 Å². The van der Waals surface area contributed by atoms with Crippen LogP contribution in [-0.4, -0.2) is 40.5 Å². The Balaban J connectivity index is 1.63. The minimum atomic E-state index is -0.941. The monoisotopic (exact) mass is 414 g/mol. The van der Waals surface area contributed by atoms with Gasteiger partial charge in [-0.1, -0.05) is 18.2 Å². The molecule has 2 aromatic rings. The summed E-state index contributed by atoms with van der Waals surface area (Å²) in [6.45, 7) is 0. The van der Waals surface area contributed by atoms with E-state index in [0.717, 1.165) is 16.7 Å². The number of amides is 3. The minimum Gasteiger partial charge on any atom is -0.497 e. The molecular weight excluding hydrogens is 396 g/mol. The highest BCUT2D eigenvalue weighted by Crippen LogP contribution is 2.34. The average Bonchev–Trinajstić information content (AvgIpc) is 2.96. The number of anilines is 2. The number of ether oxygens (including phenoxy) is 1. The second-order valence-electron chi connectivity index (χ2n) is 6.27. The van der Waals surface area contributed by atoms with Gasteiger partial charge < -0.3 is 15.2 Å². The Morgan fingerprint density at radius 3 is 2.55 bits per heavy atom. The molecule has 3 amide bonds. The normalized spacial score (nSPS) is 16.0. The second-order valence-corrected chi connectivity index (χ2v) is 7.42. The van der Waals surface area contributed by atoms with Crippen molar-refractivity contribution < 1.29 is 29.0 Å². The lowest BCUT2D eigenvalue weighted by atomic mass is 10.1. The third-order valence-electron chi connectivity index (χ3n) is 4.20. The van der Waals surface area contributed by atoms with Crippen LogP contribution in [0.1, 0.15) is 12.0 Å². The van der Waals surface area contributed by atoms with Gasteiger partial charge in [-0.15, -0.1) is 0 Å². The SMILES string of the molecule is COc1cccc(N2C(=O)SC(CC(=O)Nc3ccc(CC(=O)O)cc3)C2=O)c1. The molecule has 0 spiro atoms. The third kappa shape index (κ3) is 4.94. The number of hydrogen-bond acceptors (Lipinski definition) is 6. The van der Waals surface area contributed by atoms with Crippen LogP contribution in [0.15, 0.2) is 48.5 Å². The number of nitrogens with zero attached hydrogens (tertiary/aromatic N) is 1. The van der Waals surface area contributed by atoms with Gasteiger partial charge in [-0.05, 0) is 41.6 Å². The Labute approximate surface area is 170 Å². The first-order chi connectivity index (χ1) is 13.9. The van der Waals surface area contributed by atoms with Crippen molar-refractivity contribution in [2.45, 2.75) is 18.1 Å². The van der Waals surface area contributed by atoms with Crippen LogP contribution >= 0.6 is 11.8 Å². The lowest BCUT2D eigenvalue weighted by Crippen LogP contribution is -2.32. The summed E-state index contributed by atoms with van der Waals surface area (Å²) in [5.74, 6) is -1.30. The number of carboxylic acid groups (broad SMARTS) is 1. The summed E-state index contributed by atoms with van der Waals surface area (Å²) < 4.78 is 5.12. The number of imide groups is 1. The van der Waals surface area contributed by atoms with Crippen molar-refractivity contribution >= 4 is 46.2 Å². The number of carbonyl (C=O) groups is 4. The maximum atomic E-state index is 12.7. The fourth-order valence-electron chi connectivity index (χ4n) is 2.83. The lowest BCUT2D eigenvalue weighted by molar-refractivity contribution is -0.136. The molecule has 1 heterocycles. The zero-order valence-electron chi connectivity index (χ0n) is 15.5. The van der Waals surface area contributed by atoms with Crippen LogP contribution in [0.3, 0.4) is 0 Å². The van der Waals surface area contributed by atoms with E-state index in [2.05, 4.69) is 5.32 Å². The van der Waals surface area contributed by atoms with E-state index in [1.54, 1.807) is 48.5 Å². The first-order valence-electron chi connectivity index (χ1n) is 8.66. The molecule has 3 rings (SSSR count). The highest BCUT2D eigenvalue weighted by atomic mass is 32.2. The summed E-state index contributed by atoms with van der Waals surface area (Å²) in [6, 6.07) is 13.0. The number of hydrogen-bond donors (Lipinski definition) is 2. The van der Waals surface area contributed by atoms with Crippen molar-refractivity contribution in [3.63, 3.8) is 0 Å². The smallest absolute Gasteiger partial charge is 0.307 e. The maximum Gasteiger partial charge on any atom is 0.307 e. The number of methoxy groups -OCH3 is 1. The minimum absolute atomic E-state index is 0.107. The Hall–Kier alpha value is -3.33. The van der Waals surface area contributed by atoms with Gasteiger partial charge in [-0.2, -0.15) is 0 Å². The predicted molar refractivity (Wildman–Crippen MR) is 108 cm³/mol. The molecule has 29 heavy (non-hydrogen) atoms. The fourth-order valence-corrected chi connectivity index (χ4v) is 3.82. The molecule has 0 radical (unpaired) electrons. The van der Waals surface area contributed by atoms with Crippen molar-refractivity contribution in [2.75, 3.05) is 17.3 Å². The quantitative estimate of drug-likeness (QED) is 0.716. The molecule has 2 N–H and O–H groups in total. The molecule has 8 nitrogen and oxygen atoms in total. The number of benzene rings is 2. The molecule has 1 fully saturated rings. The van der Waals surface area contributed by atoms with Gasteiger partial charge in [0.2, 0.25) is 11.8 Å². The highest BCUT2D eigenvalue weighted by molar-refractivity contribution is 8.15. The van der Waals surface area contributed by atoms with Crippen LogP contribution in [0.5, 0.6) is 5.75 Å². The standard InChI is InChI=1S/C20H18N2O6S/c1-28-15-4-2-3-14(10-15)22-19(26)16(29-20(22)27)11-17(23)21-13-7-5-12(6-8-13)9-18(24)25/h2-8,10,16H,9,11H2,1H3,(H,21,23)(H,24,25). The van der Waals surface area contributed by atoms with Gasteiger partial charge in [0.05, 0.1) is 19.2 Å². The fraction of sp³-hybridized carbons (Fsp3) is 0.200. The molecule has 1 aliphatic heterocycles. The molecule has 0 bridgehead atoms. The maximum absolute atomic E-state index is 12.7. The summed E-state index contributed by atoms with van der Waals surface area (Å²) in [7, 11) is 1.49. The Bertz CT molecular complexity index is 960. The summed E-state index contributed by atoms with van der Waals surface area (Å²) >= 11 is 0.809. The van der Waals surface area contributed by atoms with Crippen LogP contribution in [0, 0.1) is 0 Å². The summed E-state index contributed by atoms with van der Waals surface area (Å²) in [4.78, 5) is 49.0. The van der Waals surface area contributed by atoms with Crippen LogP contribution in [0.4, 0.5) is 16.2 Å². The van der Waals surface area contributed by atoms with E-state index in [1.807, 2.05) is 0 Å². The number of thioether (sulfide) groups is 1. The zero-order chi connectivity index (χ0) is 21.0. The van der Waals surface area contributed by atoms with Gasteiger partial charge in [0.1, 0.15) is 11.0 Å². The number of aliphatic carboxylic acids is 1. The molecule has 9 heteroatoms. The van der Waals surface area contributed by atoms with Crippen molar-refractivity contribution in [3.05, 3.63) is 54.1 Å². The molecule has 150 valence electrons. The van der Waals surface area contributed by atoms with E-state index in [0.29, 0.717) is 22.7 Å². The van der Waals surface area contributed by atoms with E-state index >= 15 is 0 Å². The molecule has 1 saturated heterocycles. The number of nitrogens with one attached hydrogen (secondary N) is 1. The van der Waals surface area contributed by atoms with Crippen LogP contribution in [0.2, 0.25) is 0 Å². The summed E-state index contributed by atoms with van der Waals surface area (Å²) in [5.41, 5.74) is 1.48. The van der Waals surface area contributed by atoms with Crippen LogP contribution < -0.4 is 15.0 Å². The molecule has 0 aliphatic carbocycles. The van der Waals surface area contributed by atoms with Crippen molar-refractivity contribution in [3.8, 4) is 5.75 Å². The highest BCUT2D eigenvalue weighted by Gasteiger charge is 2.41. The van der Waals surface area contributed by atoms with E-state index in [1.165, 1.54) is 7.11 Å². The average molecular weight is 414 g/mol. The molecule has 0 saturated carbocycles. The second kappa shape index (κ2) is 8.78. The Morgan fingerprint density at radius 1 is 1.17 bits per heavy atom. The summed E-state index contributed by atoms with van der Waals surface area (Å²) in [6.07, 6.45) is -0.268. The van der Waals surface area contributed by atoms with Crippen LogP contribution in [-0.2, 0) is 20.8 Å². The first kappa shape index (κ1) is 20.4. The summed E-state index contributed by atoms with van der Waals surface area (Å²) in [5, 5.41) is 10.2. The largest absolute Gasteiger partial charge is 0.497 e. The number of rotatable bonds is 7. The predicted octanol–water partition coefficient (Wildman–Crippen LogP) is 2.92. The first-order valence-corrected chi connectivity index (χ1v) is 9.54. The van der Waals surface area contributed by atoms with Gasteiger partial charge in [0.15, 0.2) is 0 Å². The van der Waals surface area contributed by atoms with Crippen molar-refractivity contribution in [2.24, 2.45) is 0 Å². The van der Waals surface area contributed by atoms with Gasteiger partial charge in [-0.3, -0.25) is 19.2 Å². The Morgan fingerprint density at radius 2 is 1.90 bits per heavy atom. The van der Waals surface area contributed by atoms with Crippen molar-refractivity contribution in [1.82, 2.24) is 0 Å². The lowest BCUT2D eigenvalue weighted by Gasteiger charge is -2.14. The van der Waals surface area contributed by atoms with E-state index < -0.39 is 28.3 Å². The Kier molecular flexibility index (Phi) is 6.18. The molecular formula is C20H18N2O6S. The van der Waals surface area contributed by atoms with E-state index in [4.69, 9.17) is 9.84 Å². The van der Waals surface area contributed by atoms with Gasteiger partial charge in [0, 0.05) is 18.2 Å². The van der Waals surface area contributed by atoms with Gasteiger partial charge in [0.25, 0.3) is 5.24 Å². The molecule has 2 aromatic carbocycles. The van der Waals surface area contributed by atoms with E-state index in [-0.39, 0.29) is 12.8 Å². The van der Waals surface area contributed by atoms with Crippen LogP contribution in [0.25, 0.3) is 0 Å². The van der Waals surface area contributed by atoms with E-state index in [9.17, 15) is 19.2 Å². The number of carboxylic acids is 1. The molecule has 1 aliphatic rings. The van der Waals surface area contributed by atoms with Crippen molar-refractivity contribution in [1.29, 1.82) is 0 Å². The topological polar surface area (TPSA) is 113 Å². The molecule has 1 unspecified atom stereocenters. The third-order valence-corrected chi connectivity index (χ3v) is 5.23. The van der Waals surface area contributed by atoms with Gasteiger partial charge in [-0.25, -0.2) is 4.90 Å². The molecule has 0 aromatic heterocycles.